The third-order valence-electron chi connectivity index (χ3n) is 6.16. The lowest BCUT2D eigenvalue weighted by atomic mass is 9.95. The molecule has 1 amide bonds. The summed E-state index contributed by atoms with van der Waals surface area (Å²) in [7, 11) is 0. The van der Waals surface area contributed by atoms with Crippen molar-refractivity contribution in [2.24, 2.45) is 0 Å². The summed E-state index contributed by atoms with van der Waals surface area (Å²) in [6.45, 7) is 5.30. The molecule has 0 spiro atoms. The number of hydrogen-bond acceptors (Lipinski definition) is 4. The Hall–Kier alpha value is -3.43. The molecule has 1 aromatic carbocycles. The zero-order chi connectivity index (χ0) is 24.5. The van der Waals surface area contributed by atoms with E-state index in [-0.39, 0.29) is 17.4 Å². The molecule has 0 bridgehead atoms. The minimum absolute atomic E-state index is 0.157. The highest BCUT2D eigenvalue weighted by molar-refractivity contribution is 5.91. The smallest absolute Gasteiger partial charge is 0.361 e. The third-order valence-corrected chi connectivity index (χ3v) is 6.16. The largest absolute Gasteiger partial charge is 0.416 e. The lowest BCUT2D eigenvalue weighted by Gasteiger charge is -2.31. The molecule has 0 radical (unpaired) electrons. The summed E-state index contributed by atoms with van der Waals surface area (Å²) in [6, 6.07) is 2.13. The summed E-state index contributed by atoms with van der Waals surface area (Å²) in [6.07, 6.45) is 2.67. The zero-order valence-electron chi connectivity index (χ0n) is 18.8. The van der Waals surface area contributed by atoms with E-state index in [2.05, 4.69) is 14.7 Å². The molecule has 4 rings (SSSR count). The maximum atomic E-state index is 13.9. The number of imidazole rings is 1. The van der Waals surface area contributed by atoms with Crippen molar-refractivity contribution in [3.63, 3.8) is 0 Å². The van der Waals surface area contributed by atoms with Crippen LogP contribution in [0.4, 0.5) is 17.6 Å². The summed E-state index contributed by atoms with van der Waals surface area (Å²) in [5.74, 6) is 0.662. The van der Waals surface area contributed by atoms with Gasteiger partial charge < -0.3 is 14.0 Å². The molecule has 0 saturated carbocycles. The summed E-state index contributed by atoms with van der Waals surface area (Å²) < 4.78 is 59.9. The van der Waals surface area contributed by atoms with E-state index in [1.807, 2.05) is 20.0 Å². The normalized spacial score (nSPS) is 15.4. The first-order chi connectivity index (χ1) is 16.1. The Bertz CT molecular complexity index is 1180. The van der Waals surface area contributed by atoms with Crippen LogP contribution in [0.5, 0.6) is 0 Å². The van der Waals surface area contributed by atoms with E-state index in [9.17, 15) is 22.4 Å². The van der Waals surface area contributed by atoms with Crippen LogP contribution in [0.2, 0.25) is 0 Å². The Kier molecular flexibility index (Phi) is 6.58. The van der Waals surface area contributed by atoms with Gasteiger partial charge in [-0.05, 0) is 51.0 Å². The van der Waals surface area contributed by atoms with Crippen molar-refractivity contribution in [1.82, 2.24) is 19.6 Å². The number of aryl methyl sites for hydroxylation is 2. The minimum atomic E-state index is -4.58. The highest BCUT2D eigenvalue weighted by atomic mass is 19.4. The van der Waals surface area contributed by atoms with E-state index in [0.29, 0.717) is 44.6 Å². The summed E-state index contributed by atoms with van der Waals surface area (Å²) in [4.78, 5) is 18.7. The molecule has 6 nitrogen and oxygen atoms in total. The molecule has 1 fully saturated rings. The SMILES string of the molecule is Cc1noc(C)c1Cn1ccnc1C1CCN(C(=O)C=Cc2cc(C(F)(F)F)ccc2F)CC1. The molecule has 0 atom stereocenters. The molecule has 3 aromatic rings. The van der Waals surface area contributed by atoms with Crippen LogP contribution < -0.4 is 0 Å². The summed E-state index contributed by atoms with van der Waals surface area (Å²) >= 11 is 0. The number of alkyl halides is 3. The Balaban J connectivity index is 1.39. The molecule has 3 heterocycles. The first-order valence-electron chi connectivity index (χ1n) is 10.9. The lowest BCUT2D eigenvalue weighted by Crippen LogP contribution is -2.37. The average Bonchev–Trinajstić information content (AvgIpc) is 3.39. The Morgan fingerprint density at radius 1 is 1.24 bits per heavy atom. The predicted molar refractivity (Wildman–Crippen MR) is 116 cm³/mol. The second kappa shape index (κ2) is 9.44. The van der Waals surface area contributed by atoms with Crippen LogP contribution in [-0.4, -0.2) is 38.6 Å². The van der Waals surface area contributed by atoms with E-state index in [0.717, 1.165) is 41.1 Å². The number of carbonyl (C=O) groups excluding carboxylic acids is 1. The summed E-state index contributed by atoms with van der Waals surface area (Å²) in [5, 5.41) is 3.99. The van der Waals surface area contributed by atoms with E-state index in [1.54, 1.807) is 11.1 Å². The van der Waals surface area contributed by atoms with Crippen molar-refractivity contribution >= 4 is 12.0 Å². The fourth-order valence-electron chi connectivity index (χ4n) is 4.18. The highest BCUT2D eigenvalue weighted by Crippen LogP contribution is 2.31. The second-order valence-electron chi connectivity index (χ2n) is 8.38. The van der Waals surface area contributed by atoms with Crippen LogP contribution in [0, 0.1) is 19.7 Å². The molecule has 0 aliphatic carbocycles. The molecule has 0 N–H and O–H groups in total. The number of aromatic nitrogens is 3. The van der Waals surface area contributed by atoms with Gasteiger partial charge >= 0.3 is 6.18 Å². The number of benzene rings is 1. The number of carbonyl (C=O) groups is 1. The molecule has 10 heteroatoms. The third kappa shape index (κ3) is 5.05. The van der Waals surface area contributed by atoms with Crippen molar-refractivity contribution in [3.05, 3.63) is 76.5 Å². The van der Waals surface area contributed by atoms with Gasteiger partial charge in [0.1, 0.15) is 17.4 Å². The number of piperidine rings is 1. The molecule has 0 unspecified atom stereocenters. The van der Waals surface area contributed by atoms with Crippen molar-refractivity contribution < 1.29 is 26.9 Å². The Morgan fingerprint density at radius 2 is 1.97 bits per heavy atom. The van der Waals surface area contributed by atoms with Gasteiger partial charge in [-0.2, -0.15) is 13.2 Å². The van der Waals surface area contributed by atoms with E-state index < -0.39 is 17.6 Å². The average molecular weight is 476 g/mol. The first-order valence-corrected chi connectivity index (χ1v) is 10.9. The maximum absolute atomic E-state index is 13.9. The van der Waals surface area contributed by atoms with Crippen LogP contribution in [0.1, 0.15) is 52.7 Å². The van der Waals surface area contributed by atoms with E-state index >= 15 is 0 Å². The summed E-state index contributed by atoms with van der Waals surface area (Å²) in [5.41, 5.74) is 0.605. The lowest BCUT2D eigenvalue weighted by molar-refractivity contribution is -0.137. The van der Waals surface area contributed by atoms with Gasteiger partial charge in [0, 0.05) is 48.6 Å². The number of likely N-dealkylation sites (tertiary alicyclic amines) is 1. The van der Waals surface area contributed by atoms with Gasteiger partial charge in [0.05, 0.1) is 17.8 Å². The van der Waals surface area contributed by atoms with Gasteiger partial charge in [-0.25, -0.2) is 9.37 Å². The monoisotopic (exact) mass is 476 g/mol. The fraction of sp³-hybridized carbons (Fsp3) is 0.375. The molecular weight excluding hydrogens is 452 g/mol. The highest BCUT2D eigenvalue weighted by Gasteiger charge is 2.31. The van der Waals surface area contributed by atoms with Crippen LogP contribution in [0.15, 0.2) is 41.2 Å². The van der Waals surface area contributed by atoms with Crippen LogP contribution in [0.25, 0.3) is 6.08 Å². The van der Waals surface area contributed by atoms with Gasteiger partial charge in [0.25, 0.3) is 0 Å². The van der Waals surface area contributed by atoms with E-state index in [4.69, 9.17) is 4.52 Å². The quantitative estimate of drug-likeness (QED) is 0.379. The van der Waals surface area contributed by atoms with Gasteiger partial charge in [0.15, 0.2) is 0 Å². The molecule has 1 saturated heterocycles. The molecule has 1 aliphatic rings. The van der Waals surface area contributed by atoms with Crippen LogP contribution >= 0.6 is 0 Å². The van der Waals surface area contributed by atoms with Crippen LogP contribution in [0.3, 0.4) is 0 Å². The van der Waals surface area contributed by atoms with Crippen molar-refractivity contribution in [2.45, 2.75) is 45.3 Å². The number of nitrogens with zero attached hydrogens (tertiary/aromatic N) is 4. The number of halogens is 4. The second-order valence-corrected chi connectivity index (χ2v) is 8.38. The molecule has 34 heavy (non-hydrogen) atoms. The number of amides is 1. The predicted octanol–water partition coefficient (Wildman–Crippen LogP) is 5.11. The van der Waals surface area contributed by atoms with Gasteiger partial charge in [-0.1, -0.05) is 5.16 Å². The molecular formula is C24H24F4N4O2. The fourth-order valence-corrected chi connectivity index (χ4v) is 4.18. The standard InChI is InChI=1S/C24H24F4N4O2/c1-15-20(16(2)34-30-15)14-32-12-9-29-23(32)17-7-10-31(11-8-17)22(33)6-3-18-13-19(24(26,27)28)4-5-21(18)25/h3-6,9,12-13,17H,7-8,10-11,14H2,1-2H3. The van der Waals surface area contributed by atoms with Crippen molar-refractivity contribution in [1.29, 1.82) is 0 Å². The van der Waals surface area contributed by atoms with Gasteiger partial charge in [-0.15, -0.1) is 0 Å². The topological polar surface area (TPSA) is 64.2 Å². The first kappa shape index (κ1) is 23.7. The minimum Gasteiger partial charge on any atom is -0.361 e. The Morgan fingerprint density at radius 3 is 2.62 bits per heavy atom. The number of hydrogen-bond donors (Lipinski definition) is 0. The van der Waals surface area contributed by atoms with Crippen LogP contribution in [-0.2, 0) is 17.5 Å². The van der Waals surface area contributed by atoms with Gasteiger partial charge in [0.2, 0.25) is 5.91 Å². The van der Waals surface area contributed by atoms with Crippen molar-refractivity contribution in [2.75, 3.05) is 13.1 Å². The molecule has 2 aromatic heterocycles. The Labute approximate surface area is 193 Å². The maximum Gasteiger partial charge on any atom is 0.416 e. The van der Waals surface area contributed by atoms with Crippen molar-refractivity contribution in [3.8, 4) is 0 Å². The van der Waals surface area contributed by atoms with Gasteiger partial charge in [-0.3, -0.25) is 4.79 Å². The van der Waals surface area contributed by atoms with E-state index in [1.165, 1.54) is 0 Å². The zero-order valence-corrected chi connectivity index (χ0v) is 18.8. The number of rotatable bonds is 5. The molecule has 180 valence electrons. The molecule has 1 aliphatic heterocycles.